The lowest BCUT2D eigenvalue weighted by molar-refractivity contribution is -0.233. The standard InChI is InChI=1S/C22H33N5O9/c23-6-13(26-22-20(34)19(33)18(32)16(9-29)36-22)10-2-1-3-11(4-10)14(27-24)7-25-21-17(31)15(30)5-12(8-28)35-21/h1-4,6-7,12,15-22,24-26,28-34H,5,8-9,23H2/b13-6-,14-7-,27-24?/t12-,15?,16?,17?,18+,19?,20?,21-,22?/m0/s1. The molecule has 12 N–H and O–H groups in total. The van der Waals surface area contributed by atoms with E-state index in [1.807, 2.05) is 0 Å². The fourth-order valence-electron chi connectivity index (χ4n) is 4.00. The van der Waals surface area contributed by atoms with Crippen LogP contribution in [0.2, 0.25) is 0 Å². The number of hydrogen-bond acceptors (Lipinski definition) is 14. The first-order valence-electron chi connectivity index (χ1n) is 11.3. The highest BCUT2D eigenvalue weighted by molar-refractivity contribution is 5.71. The van der Waals surface area contributed by atoms with Gasteiger partial charge in [-0.15, -0.1) is 0 Å². The van der Waals surface area contributed by atoms with Gasteiger partial charge < -0.3 is 61.6 Å². The predicted molar refractivity (Wildman–Crippen MR) is 124 cm³/mol. The molecule has 14 heteroatoms. The topological polar surface area (TPSA) is 246 Å². The second-order valence-corrected chi connectivity index (χ2v) is 8.52. The van der Waals surface area contributed by atoms with Crippen molar-refractivity contribution in [3.8, 4) is 0 Å². The average molecular weight is 512 g/mol. The summed E-state index contributed by atoms with van der Waals surface area (Å²) in [7, 11) is 0. The zero-order valence-corrected chi connectivity index (χ0v) is 19.3. The number of aliphatic hydroxyl groups excluding tert-OH is 7. The third-order valence-corrected chi connectivity index (χ3v) is 6.08. The monoisotopic (exact) mass is 511 g/mol. The van der Waals surface area contributed by atoms with Crippen LogP contribution in [0.3, 0.4) is 0 Å². The summed E-state index contributed by atoms with van der Waals surface area (Å²) < 4.78 is 11.0. The van der Waals surface area contributed by atoms with Gasteiger partial charge in [-0.3, -0.25) is 0 Å². The summed E-state index contributed by atoms with van der Waals surface area (Å²) in [6.45, 7) is -0.916. The van der Waals surface area contributed by atoms with Crippen LogP contribution in [0.5, 0.6) is 0 Å². The molecular formula is C22H33N5O9. The van der Waals surface area contributed by atoms with E-state index in [1.165, 1.54) is 12.4 Å². The van der Waals surface area contributed by atoms with E-state index >= 15 is 0 Å². The first-order valence-corrected chi connectivity index (χ1v) is 11.3. The van der Waals surface area contributed by atoms with Gasteiger partial charge in [0.15, 0.2) is 12.5 Å². The Labute approximate surface area is 206 Å². The fourth-order valence-corrected chi connectivity index (χ4v) is 4.00. The summed E-state index contributed by atoms with van der Waals surface area (Å²) in [5.74, 6) is 0. The van der Waals surface area contributed by atoms with Gasteiger partial charge in [-0.25, -0.2) is 5.53 Å². The molecule has 0 bridgehead atoms. The summed E-state index contributed by atoms with van der Waals surface area (Å²) in [5, 5.41) is 78.2. The average Bonchev–Trinajstić information content (AvgIpc) is 2.89. The lowest BCUT2D eigenvalue weighted by Gasteiger charge is -2.40. The highest BCUT2D eigenvalue weighted by atomic mass is 16.6. The maximum Gasteiger partial charge on any atom is 0.157 e. The molecule has 0 spiro atoms. The van der Waals surface area contributed by atoms with Crippen molar-refractivity contribution in [3.63, 3.8) is 0 Å². The van der Waals surface area contributed by atoms with Crippen LogP contribution in [-0.2, 0) is 9.47 Å². The summed E-state index contributed by atoms with van der Waals surface area (Å²) >= 11 is 0. The van der Waals surface area contributed by atoms with E-state index in [2.05, 4.69) is 15.7 Å². The summed E-state index contributed by atoms with van der Waals surface area (Å²) in [4.78, 5) is 0. The van der Waals surface area contributed by atoms with Gasteiger partial charge in [0, 0.05) is 24.4 Å². The molecule has 2 aliphatic rings. The summed E-state index contributed by atoms with van der Waals surface area (Å²) in [6.07, 6.45) is -8.38. The molecule has 2 fully saturated rings. The van der Waals surface area contributed by atoms with Gasteiger partial charge in [-0.2, -0.15) is 5.11 Å². The number of ether oxygens (including phenoxy) is 2. The third-order valence-electron chi connectivity index (χ3n) is 6.08. The zero-order valence-electron chi connectivity index (χ0n) is 19.3. The molecule has 2 aliphatic heterocycles. The van der Waals surface area contributed by atoms with E-state index in [1.54, 1.807) is 24.3 Å². The smallest absolute Gasteiger partial charge is 0.157 e. The highest BCUT2D eigenvalue weighted by Crippen LogP contribution is 2.25. The normalized spacial score (nSPS) is 35.8. The SMILES string of the molecule is N=N/C(=C\N[C@H]1O[C@H](CO)CC(O)C1O)c1cccc(/C(=C/N)NC2OC(CO)[C@@H](O)C(O)C2O)c1. The Bertz CT molecular complexity index is 946. The second-order valence-electron chi connectivity index (χ2n) is 8.52. The van der Waals surface area contributed by atoms with Gasteiger partial charge in [0.25, 0.3) is 0 Å². The first-order chi connectivity index (χ1) is 17.2. The summed E-state index contributed by atoms with van der Waals surface area (Å²) in [6, 6.07) is 6.59. The number of nitrogens with one attached hydrogen (secondary N) is 3. The molecule has 2 heterocycles. The predicted octanol–water partition coefficient (Wildman–Crippen LogP) is -2.92. The number of benzene rings is 1. The van der Waals surface area contributed by atoms with Crippen molar-refractivity contribution in [2.45, 2.75) is 61.6 Å². The summed E-state index contributed by atoms with van der Waals surface area (Å²) in [5.41, 5.74) is 14.7. The van der Waals surface area contributed by atoms with E-state index in [0.29, 0.717) is 11.1 Å². The van der Waals surface area contributed by atoms with Crippen LogP contribution < -0.4 is 16.4 Å². The third kappa shape index (κ3) is 6.18. The van der Waals surface area contributed by atoms with Crippen molar-refractivity contribution in [1.82, 2.24) is 10.6 Å². The molecule has 2 saturated heterocycles. The van der Waals surface area contributed by atoms with Crippen molar-refractivity contribution in [2.24, 2.45) is 10.8 Å². The maximum atomic E-state index is 10.3. The molecule has 0 aliphatic carbocycles. The quantitative estimate of drug-likeness (QED) is 0.149. The van der Waals surface area contributed by atoms with Crippen molar-refractivity contribution >= 4 is 11.4 Å². The first kappa shape index (κ1) is 27.9. The van der Waals surface area contributed by atoms with E-state index in [4.69, 9.17) is 20.7 Å². The number of rotatable bonds is 9. The minimum atomic E-state index is -1.57. The van der Waals surface area contributed by atoms with E-state index in [-0.39, 0.29) is 24.4 Å². The van der Waals surface area contributed by atoms with Crippen molar-refractivity contribution in [2.75, 3.05) is 13.2 Å². The Morgan fingerprint density at radius 3 is 2.36 bits per heavy atom. The minimum absolute atomic E-state index is 0.0763. The Balaban J connectivity index is 1.77. The van der Waals surface area contributed by atoms with Gasteiger partial charge in [0.1, 0.15) is 36.2 Å². The minimum Gasteiger partial charge on any atom is -0.403 e. The van der Waals surface area contributed by atoms with Crippen LogP contribution in [0.25, 0.3) is 11.4 Å². The van der Waals surface area contributed by atoms with Crippen molar-refractivity contribution in [3.05, 3.63) is 47.8 Å². The van der Waals surface area contributed by atoms with Crippen LogP contribution in [0, 0.1) is 5.53 Å². The maximum absolute atomic E-state index is 10.3. The molecule has 0 amide bonds. The van der Waals surface area contributed by atoms with E-state index in [9.17, 15) is 35.7 Å². The molecule has 9 atom stereocenters. The Kier molecular flexibility index (Phi) is 9.72. The highest BCUT2D eigenvalue weighted by Gasteiger charge is 2.43. The van der Waals surface area contributed by atoms with Crippen LogP contribution in [0.1, 0.15) is 17.5 Å². The lowest BCUT2D eigenvalue weighted by atomic mass is 9.98. The molecule has 3 rings (SSSR count). The van der Waals surface area contributed by atoms with Crippen LogP contribution in [0.15, 0.2) is 41.8 Å². The molecule has 1 aromatic rings. The number of nitrogens with zero attached hydrogens (tertiary/aromatic N) is 1. The molecule has 200 valence electrons. The molecule has 0 radical (unpaired) electrons. The molecular weight excluding hydrogens is 478 g/mol. The van der Waals surface area contributed by atoms with Crippen LogP contribution in [0.4, 0.5) is 0 Å². The molecule has 0 saturated carbocycles. The zero-order chi connectivity index (χ0) is 26.4. The largest absolute Gasteiger partial charge is 0.403 e. The number of nitrogens with two attached hydrogens (primary N) is 1. The molecule has 1 aromatic carbocycles. The van der Waals surface area contributed by atoms with Crippen LogP contribution in [-0.4, -0.2) is 104 Å². The number of hydrogen-bond donors (Lipinski definition) is 11. The molecule has 0 aromatic heterocycles. The van der Waals surface area contributed by atoms with E-state index < -0.39 is 61.8 Å². The van der Waals surface area contributed by atoms with Gasteiger partial charge in [-0.1, -0.05) is 18.2 Å². The number of aliphatic hydroxyl groups is 7. The van der Waals surface area contributed by atoms with Crippen LogP contribution >= 0.6 is 0 Å². The van der Waals surface area contributed by atoms with E-state index in [0.717, 1.165) is 0 Å². The fraction of sp³-hybridized carbons (Fsp3) is 0.545. The molecule has 6 unspecified atom stereocenters. The van der Waals surface area contributed by atoms with Gasteiger partial charge in [0.2, 0.25) is 0 Å². The molecule has 36 heavy (non-hydrogen) atoms. The Morgan fingerprint density at radius 2 is 1.72 bits per heavy atom. The Hall–Kier alpha value is -2.66. The van der Waals surface area contributed by atoms with Crippen molar-refractivity contribution < 1.29 is 45.2 Å². The Morgan fingerprint density at radius 1 is 1.00 bits per heavy atom. The van der Waals surface area contributed by atoms with Gasteiger partial charge in [-0.05, 0) is 11.6 Å². The van der Waals surface area contributed by atoms with Crippen molar-refractivity contribution in [1.29, 1.82) is 5.53 Å². The second kappa shape index (κ2) is 12.5. The van der Waals surface area contributed by atoms with Gasteiger partial charge in [0.05, 0.1) is 31.1 Å². The lowest BCUT2D eigenvalue weighted by Crippen LogP contribution is -2.62. The molecule has 14 nitrogen and oxygen atoms in total. The van der Waals surface area contributed by atoms with Gasteiger partial charge >= 0.3 is 0 Å².